The van der Waals surface area contributed by atoms with Crippen LogP contribution in [0, 0.1) is 5.92 Å². The molecule has 1 aliphatic heterocycles. The molecule has 0 spiro atoms. The van der Waals surface area contributed by atoms with E-state index in [1.165, 1.54) is 0 Å². The highest BCUT2D eigenvalue weighted by molar-refractivity contribution is 5.97. The maximum absolute atomic E-state index is 11.1. The average Bonchev–Trinajstić information content (AvgIpc) is 2.36. The number of rotatable bonds is 0. The molecule has 0 amide bonds. The van der Waals surface area contributed by atoms with Crippen molar-refractivity contribution in [3.8, 4) is 0 Å². The molecule has 1 atom stereocenters. The van der Waals surface area contributed by atoms with Gasteiger partial charge in [0.15, 0.2) is 5.78 Å². The molecular formula is C8H7NO. The smallest absolute Gasteiger partial charge is 0.168 e. The van der Waals surface area contributed by atoms with Crippen LogP contribution in [0.3, 0.4) is 0 Å². The van der Waals surface area contributed by atoms with Crippen LogP contribution >= 0.6 is 0 Å². The van der Waals surface area contributed by atoms with Gasteiger partial charge in [0.25, 0.3) is 0 Å². The number of allylic oxidation sites excluding steroid dienone is 4. The van der Waals surface area contributed by atoms with Crippen molar-refractivity contribution in [1.29, 1.82) is 0 Å². The maximum atomic E-state index is 11.1. The van der Waals surface area contributed by atoms with E-state index in [4.69, 9.17) is 0 Å². The first-order valence-electron chi connectivity index (χ1n) is 3.23. The molecule has 1 unspecified atom stereocenters. The van der Waals surface area contributed by atoms with Crippen molar-refractivity contribution in [1.82, 2.24) is 5.32 Å². The van der Waals surface area contributed by atoms with Gasteiger partial charge in [0.1, 0.15) is 0 Å². The number of nitrogens with one attached hydrogen (secondary N) is 1. The van der Waals surface area contributed by atoms with Crippen molar-refractivity contribution in [2.24, 2.45) is 5.92 Å². The predicted octanol–water partition coefficient (Wildman–Crippen LogP) is 0.742. The van der Waals surface area contributed by atoms with Gasteiger partial charge >= 0.3 is 0 Å². The Balaban J connectivity index is 2.40. The molecule has 0 aromatic heterocycles. The zero-order valence-electron chi connectivity index (χ0n) is 5.37. The molecule has 0 aromatic carbocycles. The molecule has 0 bridgehead atoms. The van der Waals surface area contributed by atoms with E-state index >= 15 is 0 Å². The molecule has 2 rings (SSSR count). The summed E-state index contributed by atoms with van der Waals surface area (Å²) in [7, 11) is 0. The Bertz CT molecular complexity index is 260. The number of carbonyl (C=O) groups is 1. The first-order valence-corrected chi connectivity index (χ1v) is 3.23. The Kier molecular flexibility index (Phi) is 1.01. The van der Waals surface area contributed by atoms with E-state index in [2.05, 4.69) is 5.32 Å². The quantitative estimate of drug-likeness (QED) is 0.528. The lowest BCUT2D eigenvalue weighted by molar-refractivity contribution is -0.116. The van der Waals surface area contributed by atoms with E-state index in [0.717, 1.165) is 5.70 Å². The molecule has 0 radical (unpaired) electrons. The van der Waals surface area contributed by atoms with Crippen LogP contribution in [0.5, 0.6) is 0 Å². The second-order valence-corrected chi connectivity index (χ2v) is 2.36. The van der Waals surface area contributed by atoms with Crippen molar-refractivity contribution in [2.75, 3.05) is 0 Å². The minimum absolute atomic E-state index is 0.0231. The molecule has 2 heteroatoms. The van der Waals surface area contributed by atoms with Crippen molar-refractivity contribution in [2.45, 2.75) is 0 Å². The standard InChI is InChI=1S/C8H7NO/c10-8-3-1-2-7-6(8)4-5-9-7/h1-6,9H. The minimum Gasteiger partial charge on any atom is -0.364 e. The van der Waals surface area contributed by atoms with Gasteiger partial charge in [0.2, 0.25) is 0 Å². The molecule has 0 fully saturated rings. The molecular weight excluding hydrogens is 126 g/mol. The summed E-state index contributed by atoms with van der Waals surface area (Å²) in [5.74, 6) is 0.142. The van der Waals surface area contributed by atoms with Gasteiger partial charge in [-0.3, -0.25) is 4.79 Å². The van der Waals surface area contributed by atoms with Crippen molar-refractivity contribution in [3.05, 3.63) is 36.2 Å². The fourth-order valence-corrected chi connectivity index (χ4v) is 1.18. The van der Waals surface area contributed by atoms with Crippen molar-refractivity contribution >= 4 is 5.78 Å². The van der Waals surface area contributed by atoms with Gasteiger partial charge in [0.05, 0.1) is 5.92 Å². The van der Waals surface area contributed by atoms with Crippen LogP contribution in [0.2, 0.25) is 0 Å². The van der Waals surface area contributed by atoms with Crippen LogP contribution in [0.25, 0.3) is 0 Å². The second kappa shape index (κ2) is 1.84. The number of carbonyl (C=O) groups excluding carboxylic acids is 1. The van der Waals surface area contributed by atoms with Gasteiger partial charge in [-0.15, -0.1) is 0 Å². The molecule has 0 saturated carbocycles. The first kappa shape index (κ1) is 5.47. The molecule has 1 heterocycles. The van der Waals surface area contributed by atoms with Crippen LogP contribution < -0.4 is 5.32 Å². The summed E-state index contributed by atoms with van der Waals surface area (Å²) in [4.78, 5) is 11.1. The van der Waals surface area contributed by atoms with E-state index in [9.17, 15) is 4.79 Å². The first-order chi connectivity index (χ1) is 4.88. The van der Waals surface area contributed by atoms with E-state index < -0.39 is 0 Å². The molecule has 0 saturated heterocycles. The van der Waals surface area contributed by atoms with E-state index in [1.54, 1.807) is 18.4 Å². The topological polar surface area (TPSA) is 29.1 Å². The van der Waals surface area contributed by atoms with Gasteiger partial charge in [-0.25, -0.2) is 0 Å². The molecule has 2 nitrogen and oxygen atoms in total. The number of fused-ring (bicyclic) bond motifs is 1. The number of hydrogen-bond donors (Lipinski definition) is 1. The lowest BCUT2D eigenvalue weighted by atomic mass is 9.98. The fourth-order valence-electron chi connectivity index (χ4n) is 1.18. The zero-order valence-corrected chi connectivity index (χ0v) is 5.37. The van der Waals surface area contributed by atoms with Gasteiger partial charge in [-0.05, 0) is 18.4 Å². The summed E-state index contributed by atoms with van der Waals surface area (Å²) in [5.41, 5.74) is 0.993. The normalized spacial score (nSPS) is 27.8. The Morgan fingerprint density at radius 1 is 1.50 bits per heavy atom. The molecule has 50 valence electrons. The van der Waals surface area contributed by atoms with Gasteiger partial charge in [0, 0.05) is 5.70 Å². The van der Waals surface area contributed by atoms with Crippen LogP contribution in [0.4, 0.5) is 0 Å². The summed E-state index contributed by atoms with van der Waals surface area (Å²) in [6.45, 7) is 0. The average molecular weight is 133 g/mol. The third-order valence-electron chi connectivity index (χ3n) is 1.72. The summed E-state index contributed by atoms with van der Waals surface area (Å²) < 4.78 is 0. The van der Waals surface area contributed by atoms with Crippen LogP contribution in [0.15, 0.2) is 36.2 Å². The minimum atomic E-state index is -0.0231. The Morgan fingerprint density at radius 2 is 2.40 bits per heavy atom. The molecule has 2 aliphatic rings. The number of ketones is 1. The van der Waals surface area contributed by atoms with E-state index in [-0.39, 0.29) is 11.7 Å². The monoisotopic (exact) mass is 133 g/mol. The third kappa shape index (κ3) is 0.620. The van der Waals surface area contributed by atoms with Crippen molar-refractivity contribution < 1.29 is 4.79 Å². The SMILES string of the molecule is O=C1C=CC=C2NC=CC12. The highest BCUT2D eigenvalue weighted by atomic mass is 16.1. The van der Waals surface area contributed by atoms with Gasteiger partial charge in [-0.1, -0.05) is 12.2 Å². The van der Waals surface area contributed by atoms with Crippen molar-refractivity contribution in [3.63, 3.8) is 0 Å². The lowest BCUT2D eigenvalue weighted by Crippen LogP contribution is -2.16. The lowest BCUT2D eigenvalue weighted by Gasteiger charge is -2.09. The fraction of sp³-hybridized carbons (Fsp3) is 0.125. The molecule has 0 aromatic rings. The summed E-state index contributed by atoms with van der Waals surface area (Å²) in [5, 5.41) is 3.00. The Hall–Kier alpha value is -1.31. The predicted molar refractivity (Wildman–Crippen MR) is 38.0 cm³/mol. The van der Waals surface area contributed by atoms with E-state index in [1.807, 2.05) is 12.2 Å². The summed E-state index contributed by atoms with van der Waals surface area (Å²) in [6.07, 6.45) is 8.98. The highest BCUT2D eigenvalue weighted by Crippen LogP contribution is 2.20. The molecule has 10 heavy (non-hydrogen) atoms. The van der Waals surface area contributed by atoms with Gasteiger partial charge in [-0.2, -0.15) is 0 Å². The third-order valence-corrected chi connectivity index (χ3v) is 1.72. The zero-order chi connectivity index (χ0) is 6.97. The Labute approximate surface area is 58.9 Å². The van der Waals surface area contributed by atoms with Crippen LogP contribution in [-0.2, 0) is 4.79 Å². The molecule has 1 aliphatic carbocycles. The highest BCUT2D eigenvalue weighted by Gasteiger charge is 2.22. The molecule has 1 N–H and O–H groups in total. The Morgan fingerprint density at radius 3 is 3.20 bits per heavy atom. The van der Waals surface area contributed by atoms with Crippen LogP contribution in [-0.4, -0.2) is 5.78 Å². The largest absolute Gasteiger partial charge is 0.364 e. The van der Waals surface area contributed by atoms with Gasteiger partial charge < -0.3 is 5.32 Å². The second-order valence-electron chi connectivity index (χ2n) is 2.36. The van der Waals surface area contributed by atoms with Crippen LogP contribution in [0.1, 0.15) is 0 Å². The summed E-state index contributed by atoms with van der Waals surface area (Å²) >= 11 is 0. The van der Waals surface area contributed by atoms with E-state index in [0.29, 0.717) is 0 Å². The number of hydrogen-bond acceptors (Lipinski definition) is 2. The maximum Gasteiger partial charge on any atom is 0.168 e. The summed E-state index contributed by atoms with van der Waals surface area (Å²) in [6, 6.07) is 0.